The Morgan fingerprint density at radius 3 is 2.57 bits per heavy atom. The number of aromatic nitrogens is 1. The molecule has 1 aliphatic heterocycles. The summed E-state index contributed by atoms with van der Waals surface area (Å²) in [6, 6.07) is 11.3. The molecule has 0 radical (unpaired) electrons. The molecule has 4 rings (SSSR count). The molecule has 0 spiro atoms. The van der Waals surface area contributed by atoms with E-state index < -0.39 is 16.9 Å². The van der Waals surface area contributed by atoms with E-state index in [0.29, 0.717) is 26.2 Å². The van der Waals surface area contributed by atoms with Crippen LogP contribution in [0.5, 0.6) is 5.75 Å². The molecule has 0 bridgehead atoms. The zero-order valence-corrected chi connectivity index (χ0v) is 20.4. The number of methoxy groups -OCH3 is 1. The van der Waals surface area contributed by atoms with Crippen molar-refractivity contribution in [1.29, 1.82) is 0 Å². The van der Waals surface area contributed by atoms with Gasteiger partial charge in [-0.2, -0.15) is 0 Å². The second-order valence-electron chi connectivity index (χ2n) is 7.90. The lowest BCUT2D eigenvalue weighted by atomic mass is 9.95. The Labute approximate surface area is 204 Å². The lowest BCUT2D eigenvalue weighted by Crippen LogP contribution is -2.39. The maximum Gasteiger partial charge on any atom is 0.338 e. The molecular weight excluding hydrogens is 470 g/mol. The maximum atomic E-state index is 13.6. The summed E-state index contributed by atoms with van der Waals surface area (Å²) in [6.45, 7) is 5.59. The van der Waals surface area contributed by atoms with Crippen molar-refractivity contribution in [1.82, 2.24) is 4.57 Å². The minimum atomic E-state index is -0.710. The van der Waals surface area contributed by atoms with Crippen LogP contribution >= 0.6 is 11.3 Å². The summed E-state index contributed by atoms with van der Waals surface area (Å²) >= 11 is 1.15. The molecule has 1 aromatic heterocycles. The zero-order valence-electron chi connectivity index (χ0n) is 19.6. The van der Waals surface area contributed by atoms with Gasteiger partial charge in [0.1, 0.15) is 0 Å². The van der Waals surface area contributed by atoms with Gasteiger partial charge >= 0.3 is 11.7 Å². The van der Waals surface area contributed by atoms with E-state index >= 15 is 0 Å². The van der Waals surface area contributed by atoms with E-state index in [1.165, 1.54) is 23.8 Å². The summed E-state index contributed by atoms with van der Waals surface area (Å²) < 4.78 is 12.2. The Morgan fingerprint density at radius 1 is 1.23 bits per heavy atom. The standard InChI is InChI=1S/C25H23N3O6S/c1-5-34-24(30)21-15(3)26-25-27(22(21)17-9-6-14(2)7-10-17)23(29)20(35-25)13-16-8-11-19(33-4)18(12-16)28(31)32/h6-13,22H,5H2,1-4H3/b20-13-/t22-/m1/s1. The molecular formula is C25H23N3O6S. The molecule has 0 unspecified atom stereocenters. The summed E-state index contributed by atoms with van der Waals surface area (Å²) in [5.74, 6) is -0.401. The van der Waals surface area contributed by atoms with Gasteiger partial charge < -0.3 is 9.47 Å². The zero-order chi connectivity index (χ0) is 25.3. The third-order valence-electron chi connectivity index (χ3n) is 5.61. The summed E-state index contributed by atoms with van der Waals surface area (Å²) in [5.41, 5.74) is 2.48. The Bertz CT molecular complexity index is 1530. The van der Waals surface area contributed by atoms with Crippen LogP contribution in [0.4, 0.5) is 5.69 Å². The molecule has 2 heterocycles. The van der Waals surface area contributed by atoms with Crippen molar-refractivity contribution in [3.8, 4) is 5.75 Å². The van der Waals surface area contributed by atoms with Gasteiger partial charge in [0.15, 0.2) is 10.6 Å². The van der Waals surface area contributed by atoms with Crippen LogP contribution < -0.4 is 19.6 Å². The predicted molar refractivity (Wildman–Crippen MR) is 131 cm³/mol. The third kappa shape index (κ3) is 4.52. The minimum absolute atomic E-state index is 0.127. The number of carbonyl (C=O) groups excluding carboxylic acids is 1. The number of aryl methyl sites for hydroxylation is 1. The van der Waals surface area contributed by atoms with Gasteiger partial charge in [-0.05, 0) is 44.0 Å². The highest BCUT2D eigenvalue weighted by Gasteiger charge is 2.33. The van der Waals surface area contributed by atoms with Gasteiger partial charge in [-0.3, -0.25) is 19.5 Å². The Kier molecular flexibility index (Phi) is 6.65. The van der Waals surface area contributed by atoms with E-state index in [0.717, 1.165) is 22.5 Å². The van der Waals surface area contributed by atoms with Crippen LogP contribution in [-0.2, 0) is 9.53 Å². The summed E-state index contributed by atoms with van der Waals surface area (Å²) in [4.78, 5) is 42.3. The summed E-state index contributed by atoms with van der Waals surface area (Å²) in [7, 11) is 1.36. The van der Waals surface area contributed by atoms with E-state index in [1.54, 1.807) is 26.0 Å². The van der Waals surface area contributed by atoms with Gasteiger partial charge in [-0.1, -0.05) is 47.2 Å². The maximum absolute atomic E-state index is 13.6. The van der Waals surface area contributed by atoms with E-state index in [-0.39, 0.29) is 23.6 Å². The Morgan fingerprint density at radius 2 is 1.94 bits per heavy atom. The van der Waals surface area contributed by atoms with E-state index in [2.05, 4.69) is 4.99 Å². The van der Waals surface area contributed by atoms with Crippen LogP contribution in [0.25, 0.3) is 6.08 Å². The molecule has 180 valence electrons. The van der Waals surface area contributed by atoms with Crippen molar-refractivity contribution in [2.24, 2.45) is 4.99 Å². The van der Waals surface area contributed by atoms with Crippen LogP contribution in [0.15, 0.2) is 63.5 Å². The van der Waals surface area contributed by atoms with Crippen LogP contribution in [0, 0.1) is 17.0 Å². The number of hydrogen-bond donors (Lipinski definition) is 0. The topological polar surface area (TPSA) is 113 Å². The molecule has 9 nitrogen and oxygen atoms in total. The number of hydrogen-bond acceptors (Lipinski definition) is 8. The largest absolute Gasteiger partial charge is 0.490 e. The highest BCUT2D eigenvalue weighted by Crippen LogP contribution is 2.31. The predicted octanol–water partition coefficient (Wildman–Crippen LogP) is 3.02. The molecule has 0 saturated heterocycles. The average Bonchev–Trinajstić information content (AvgIpc) is 3.13. The highest BCUT2D eigenvalue weighted by molar-refractivity contribution is 7.07. The average molecular weight is 494 g/mol. The van der Waals surface area contributed by atoms with Gasteiger partial charge in [-0.25, -0.2) is 9.79 Å². The smallest absolute Gasteiger partial charge is 0.338 e. The van der Waals surface area contributed by atoms with Crippen molar-refractivity contribution in [3.05, 3.63) is 100 Å². The fraction of sp³-hybridized carbons (Fsp3) is 0.240. The number of nitro benzene ring substituents is 1. The van der Waals surface area contributed by atoms with Crippen molar-refractivity contribution < 1.29 is 19.2 Å². The summed E-state index contributed by atoms with van der Waals surface area (Å²) in [5, 5.41) is 11.4. The van der Waals surface area contributed by atoms with Crippen LogP contribution in [0.2, 0.25) is 0 Å². The molecule has 3 aromatic rings. The fourth-order valence-electron chi connectivity index (χ4n) is 3.95. The van der Waals surface area contributed by atoms with E-state index in [1.807, 2.05) is 31.2 Å². The number of allylic oxidation sites excluding steroid dienone is 1. The second-order valence-corrected chi connectivity index (χ2v) is 8.91. The van der Waals surface area contributed by atoms with Crippen molar-refractivity contribution in [2.75, 3.05) is 13.7 Å². The Balaban J connectivity index is 1.93. The SMILES string of the molecule is CCOC(=O)C1=C(C)N=c2s/c(=C\c3ccc(OC)c([N+](=O)[O-])c3)c(=O)n2[C@@H]1c1ccc(C)cc1. The number of nitro groups is 1. The number of nitrogens with zero attached hydrogens (tertiary/aromatic N) is 3. The van der Waals surface area contributed by atoms with Gasteiger partial charge in [0.25, 0.3) is 5.56 Å². The minimum Gasteiger partial charge on any atom is -0.490 e. The monoisotopic (exact) mass is 493 g/mol. The lowest BCUT2D eigenvalue weighted by Gasteiger charge is -2.24. The number of carbonyl (C=O) groups is 1. The molecule has 1 aliphatic rings. The molecule has 2 aromatic carbocycles. The molecule has 35 heavy (non-hydrogen) atoms. The van der Waals surface area contributed by atoms with Crippen LogP contribution in [0.3, 0.4) is 0 Å². The first-order valence-electron chi connectivity index (χ1n) is 10.8. The van der Waals surface area contributed by atoms with Crippen molar-refractivity contribution in [2.45, 2.75) is 26.8 Å². The summed E-state index contributed by atoms with van der Waals surface area (Å²) in [6.07, 6.45) is 1.58. The van der Waals surface area contributed by atoms with Gasteiger partial charge in [-0.15, -0.1) is 0 Å². The van der Waals surface area contributed by atoms with E-state index in [9.17, 15) is 19.7 Å². The van der Waals surface area contributed by atoms with Crippen molar-refractivity contribution in [3.63, 3.8) is 0 Å². The number of fused-ring (bicyclic) bond motifs is 1. The molecule has 0 saturated carbocycles. The van der Waals surface area contributed by atoms with E-state index in [4.69, 9.17) is 9.47 Å². The molecule has 1 atom stereocenters. The molecule has 10 heteroatoms. The second kappa shape index (κ2) is 9.67. The molecule has 0 aliphatic carbocycles. The first kappa shape index (κ1) is 24.1. The molecule has 0 amide bonds. The molecule has 0 N–H and O–H groups in total. The lowest BCUT2D eigenvalue weighted by molar-refractivity contribution is -0.385. The quantitative estimate of drug-likeness (QED) is 0.296. The first-order chi connectivity index (χ1) is 16.7. The van der Waals surface area contributed by atoms with Gasteiger partial charge in [0, 0.05) is 6.07 Å². The fourth-order valence-corrected chi connectivity index (χ4v) is 4.99. The van der Waals surface area contributed by atoms with Gasteiger partial charge in [0.2, 0.25) is 0 Å². The van der Waals surface area contributed by atoms with Crippen LogP contribution in [0.1, 0.15) is 36.6 Å². The number of rotatable bonds is 6. The first-order valence-corrected chi connectivity index (χ1v) is 11.7. The number of esters is 1. The highest BCUT2D eigenvalue weighted by atomic mass is 32.1. The normalized spacial score (nSPS) is 15.4. The van der Waals surface area contributed by atoms with Crippen LogP contribution in [-0.4, -0.2) is 29.2 Å². The number of ether oxygens (including phenoxy) is 2. The van der Waals surface area contributed by atoms with Gasteiger partial charge in [0.05, 0.1) is 40.5 Å². The number of benzene rings is 2. The third-order valence-corrected chi connectivity index (χ3v) is 6.59. The molecule has 0 fully saturated rings. The van der Waals surface area contributed by atoms with Crippen molar-refractivity contribution >= 4 is 29.1 Å². The number of thiazole rings is 1. The Hall–Kier alpha value is -4.05.